The Morgan fingerprint density at radius 1 is 1.40 bits per heavy atom. The number of aromatic nitrogens is 2. The summed E-state index contributed by atoms with van der Waals surface area (Å²) in [4.78, 5) is 7.26. The molecule has 0 unspecified atom stereocenters. The maximum absolute atomic E-state index is 13.5. The maximum Gasteiger partial charge on any atom is 0.132 e. The van der Waals surface area contributed by atoms with E-state index in [1.165, 1.54) is 6.07 Å². The highest BCUT2D eigenvalue weighted by molar-refractivity contribution is 5.62. The fourth-order valence-electron chi connectivity index (χ4n) is 1.53. The zero-order chi connectivity index (χ0) is 10.8. The molecule has 1 heterocycles. The molecule has 2 aromatic rings. The number of halogens is 1. The Morgan fingerprint density at radius 3 is 2.73 bits per heavy atom. The molecule has 0 aliphatic heterocycles. The number of hydrogen-bond donors (Lipinski definition) is 2. The quantitative estimate of drug-likeness (QED) is 0.787. The first-order valence-corrected chi connectivity index (χ1v) is 4.73. The predicted octanol–water partition coefficient (Wildman–Crippen LogP) is 1.98. The van der Waals surface area contributed by atoms with E-state index >= 15 is 0 Å². The largest absolute Gasteiger partial charge is 0.344 e. The molecule has 0 amide bonds. The molecule has 2 rings (SSSR count). The van der Waals surface area contributed by atoms with E-state index < -0.39 is 0 Å². The van der Waals surface area contributed by atoms with Crippen LogP contribution in [0.1, 0.15) is 11.5 Å². The fraction of sp³-hybridized carbons (Fsp3) is 0.182. The van der Waals surface area contributed by atoms with Crippen LogP contribution in [0.25, 0.3) is 11.3 Å². The van der Waals surface area contributed by atoms with Crippen LogP contribution in [-0.2, 0) is 6.54 Å². The minimum atomic E-state index is -0.268. The second-order valence-corrected chi connectivity index (χ2v) is 3.34. The summed E-state index contributed by atoms with van der Waals surface area (Å²) >= 11 is 0. The molecule has 0 atom stereocenters. The molecule has 1 aromatic carbocycles. The molecule has 0 saturated carbocycles. The number of hydrogen-bond acceptors (Lipinski definition) is 2. The zero-order valence-corrected chi connectivity index (χ0v) is 8.42. The molecular weight excluding hydrogens is 193 g/mol. The van der Waals surface area contributed by atoms with Gasteiger partial charge in [-0.1, -0.05) is 12.1 Å². The van der Waals surface area contributed by atoms with E-state index in [2.05, 4.69) is 9.97 Å². The number of H-pyrrole nitrogens is 1. The Hall–Kier alpha value is -1.68. The summed E-state index contributed by atoms with van der Waals surface area (Å²) in [5, 5.41) is 0. The molecule has 0 aliphatic carbocycles. The van der Waals surface area contributed by atoms with E-state index in [-0.39, 0.29) is 5.82 Å². The van der Waals surface area contributed by atoms with Crippen molar-refractivity contribution in [3.05, 3.63) is 41.6 Å². The standard InChI is InChI=1S/C11H12FN3/c1-7-11(15-10(6-13)14-7)8-4-2-3-5-9(8)12/h2-5H,6,13H2,1H3,(H,14,15). The van der Waals surface area contributed by atoms with E-state index in [1.54, 1.807) is 18.2 Å². The molecule has 0 fully saturated rings. The fourth-order valence-corrected chi connectivity index (χ4v) is 1.53. The summed E-state index contributed by atoms with van der Waals surface area (Å²) in [5.74, 6) is 0.404. The van der Waals surface area contributed by atoms with Crippen molar-refractivity contribution >= 4 is 0 Å². The lowest BCUT2D eigenvalue weighted by atomic mass is 10.1. The lowest BCUT2D eigenvalue weighted by Gasteiger charge is -1.99. The van der Waals surface area contributed by atoms with Gasteiger partial charge in [0.05, 0.1) is 12.2 Å². The summed E-state index contributed by atoms with van der Waals surface area (Å²) < 4.78 is 13.5. The van der Waals surface area contributed by atoms with Crippen molar-refractivity contribution < 1.29 is 4.39 Å². The molecule has 4 heteroatoms. The molecule has 15 heavy (non-hydrogen) atoms. The third-order valence-electron chi connectivity index (χ3n) is 2.26. The van der Waals surface area contributed by atoms with Gasteiger partial charge in [0, 0.05) is 11.3 Å². The van der Waals surface area contributed by atoms with E-state index in [4.69, 9.17) is 5.73 Å². The first-order chi connectivity index (χ1) is 7.22. The van der Waals surface area contributed by atoms with E-state index in [1.807, 2.05) is 6.92 Å². The van der Waals surface area contributed by atoms with Crippen molar-refractivity contribution in [3.63, 3.8) is 0 Å². The van der Waals surface area contributed by atoms with Crippen molar-refractivity contribution in [1.29, 1.82) is 0 Å². The maximum atomic E-state index is 13.5. The zero-order valence-electron chi connectivity index (χ0n) is 8.42. The van der Waals surface area contributed by atoms with Gasteiger partial charge < -0.3 is 10.7 Å². The molecule has 1 aromatic heterocycles. The third kappa shape index (κ3) is 1.76. The first-order valence-electron chi connectivity index (χ1n) is 4.73. The number of aryl methyl sites for hydroxylation is 1. The highest BCUT2D eigenvalue weighted by atomic mass is 19.1. The lowest BCUT2D eigenvalue weighted by molar-refractivity contribution is 0.630. The monoisotopic (exact) mass is 205 g/mol. The van der Waals surface area contributed by atoms with Crippen molar-refractivity contribution in [1.82, 2.24) is 9.97 Å². The average molecular weight is 205 g/mol. The number of aromatic amines is 1. The van der Waals surface area contributed by atoms with Gasteiger partial charge in [0.15, 0.2) is 0 Å². The van der Waals surface area contributed by atoms with Crippen molar-refractivity contribution in [2.24, 2.45) is 5.73 Å². The molecule has 0 spiro atoms. The van der Waals surface area contributed by atoms with Gasteiger partial charge in [-0.05, 0) is 19.1 Å². The number of nitrogens with one attached hydrogen (secondary N) is 1. The van der Waals surface area contributed by atoms with Gasteiger partial charge >= 0.3 is 0 Å². The summed E-state index contributed by atoms with van der Waals surface area (Å²) in [5.41, 5.74) is 7.43. The number of rotatable bonds is 2. The number of nitrogens with two attached hydrogens (primary N) is 1. The van der Waals surface area contributed by atoms with Gasteiger partial charge in [0.25, 0.3) is 0 Å². The minimum absolute atomic E-state index is 0.268. The molecule has 3 nitrogen and oxygen atoms in total. The minimum Gasteiger partial charge on any atom is -0.344 e. The Kier molecular flexibility index (Phi) is 2.51. The second kappa shape index (κ2) is 3.82. The first kappa shape index (κ1) is 9.86. The Labute approximate surface area is 87.2 Å². The number of benzene rings is 1. The molecule has 0 radical (unpaired) electrons. The highest BCUT2D eigenvalue weighted by Gasteiger charge is 2.11. The van der Waals surface area contributed by atoms with Gasteiger partial charge in [-0.25, -0.2) is 9.37 Å². The van der Waals surface area contributed by atoms with Gasteiger partial charge in [0.1, 0.15) is 11.6 Å². The average Bonchev–Trinajstić information content (AvgIpc) is 2.60. The van der Waals surface area contributed by atoms with Crippen LogP contribution in [0.3, 0.4) is 0 Å². The Bertz CT molecular complexity index is 476. The molecule has 3 N–H and O–H groups in total. The highest BCUT2D eigenvalue weighted by Crippen LogP contribution is 2.23. The Balaban J connectivity index is 2.54. The van der Waals surface area contributed by atoms with Crippen LogP contribution in [0.15, 0.2) is 24.3 Å². The van der Waals surface area contributed by atoms with Crippen LogP contribution >= 0.6 is 0 Å². The van der Waals surface area contributed by atoms with Crippen molar-refractivity contribution in [2.75, 3.05) is 0 Å². The van der Waals surface area contributed by atoms with Crippen molar-refractivity contribution in [3.8, 4) is 11.3 Å². The van der Waals surface area contributed by atoms with E-state index in [0.717, 1.165) is 5.69 Å². The summed E-state index contributed by atoms with van der Waals surface area (Å²) in [6.07, 6.45) is 0. The SMILES string of the molecule is Cc1[nH]c(CN)nc1-c1ccccc1F. The van der Waals surface area contributed by atoms with E-state index in [9.17, 15) is 4.39 Å². The van der Waals surface area contributed by atoms with Crippen LogP contribution in [0.2, 0.25) is 0 Å². The Morgan fingerprint density at radius 2 is 2.13 bits per heavy atom. The van der Waals surface area contributed by atoms with Gasteiger partial charge in [-0.2, -0.15) is 0 Å². The van der Waals surface area contributed by atoms with Crippen LogP contribution < -0.4 is 5.73 Å². The molecule has 78 valence electrons. The number of nitrogens with zero attached hydrogens (tertiary/aromatic N) is 1. The molecule has 0 saturated heterocycles. The molecular formula is C11H12FN3. The normalized spacial score (nSPS) is 10.6. The molecule has 0 bridgehead atoms. The van der Waals surface area contributed by atoms with Gasteiger partial charge in [0.2, 0.25) is 0 Å². The smallest absolute Gasteiger partial charge is 0.132 e. The summed E-state index contributed by atoms with van der Waals surface area (Å²) in [7, 11) is 0. The van der Waals surface area contributed by atoms with Crippen LogP contribution in [0.5, 0.6) is 0 Å². The summed E-state index contributed by atoms with van der Waals surface area (Å²) in [6, 6.07) is 6.57. The van der Waals surface area contributed by atoms with Gasteiger partial charge in [-0.3, -0.25) is 0 Å². The lowest BCUT2D eigenvalue weighted by Crippen LogP contribution is -1.98. The van der Waals surface area contributed by atoms with Crippen molar-refractivity contribution in [2.45, 2.75) is 13.5 Å². The number of imidazole rings is 1. The van der Waals surface area contributed by atoms with Crippen LogP contribution in [0, 0.1) is 12.7 Å². The van der Waals surface area contributed by atoms with Crippen LogP contribution in [0.4, 0.5) is 4.39 Å². The topological polar surface area (TPSA) is 54.7 Å². The predicted molar refractivity (Wildman–Crippen MR) is 56.6 cm³/mol. The summed E-state index contributed by atoms with van der Waals surface area (Å²) in [6.45, 7) is 2.18. The second-order valence-electron chi connectivity index (χ2n) is 3.34. The van der Waals surface area contributed by atoms with Crippen LogP contribution in [-0.4, -0.2) is 9.97 Å². The van der Waals surface area contributed by atoms with Gasteiger partial charge in [-0.15, -0.1) is 0 Å². The third-order valence-corrected chi connectivity index (χ3v) is 2.26. The van der Waals surface area contributed by atoms with E-state index in [0.29, 0.717) is 23.6 Å². The molecule has 0 aliphatic rings.